The summed E-state index contributed by atoms with van der Waals surface area (Å²) in [6, 6.07) is 3.34. The number of benzene rings is 1. The Hall–Kier alpha value is -3.42. The van der Waals surface area contributed by atoms with Gasteiger partial charge >= 0.3 is 0 Å². The summed E-state index contributed by atoms with van der Waals surface area (Å²) >= 11 is 0. The summed E-state index contributed by atoms with van der Waals surface area (Å²) in [5.74, 6) is 2.23. The van der Waals surface area contributed by atoms with Gasteiger partial charge in [-0.05, 0) is 25.5 Å². The number of imidazole rings is 1. The Balaban J connectivity index is 1.78. The molecule has 8 nitrogen and oxygen atoms in total. The first-order valence-electron chi connectivity index (χ1n) is 8.45. The van der Waals surface area contributed by atoms with Crippen LogP contribution in [-0.2, 0) is 6.42 Å². The number of ether oxygens (including phenoxy) is 2. The second-order valence-electron chi connectivity index (χ2n) is 6.33. The Morgan fingerprint density at radius 3 is 2.59 bits per heavy atom. The highest BCUT2D eigenvalue weighted by Crippen LogP contribution is 2.30. The Labute approximate surface area is 154 Å². The van der Waals surface area contributed by atoms with Crippen LogP contribution in [0.15, 0.2) is 29.3 Å². The molecule has 0 atom stereocenters. The zero-order chi connectivity index (χ0) is 19.1. The predicted molar refractivity (Wildman–Crippen MR) is 101 cm³/mol. The van der Waals surface area contributed by atoms with Crippen molar-refractivity contribution in [2.75, 3.05) is 14.2 Å². The van der Waals surface area contributed by atoms with Crippen LogP contribution in [0.3, 0.4) is 0 Å². The number of fused-ring (bicyclic) bond motifs is 2. The molecule has 0 bridgehead atoms. The molecular formula is C19H19N5O3. The first kappa shape index (κ1) is 17.0. The van der Waals surface area contributed by atoms with E-state index in [-0.39, 0.29) is 5.56 Å². The number of H-pyrrole nitrogens is 1. The minimum atomic E-state index is -0.223. The highest BCUT2D eigenvalue weighted by atomic mass is 16.5. The standard InChI is InChI=1S/C19H19N5O3/c1-10-11(2)24-9-12(8-20-19(24)21-10)5-17-22-14-7-16(27-4)15(26-3)6-13(14)18(25)23-17/h6-9H,5H2,1-4H3,(H,22,23,25). The van der Waals surface area contributed by atoms with Crippen molar-refractivity contribution in [1.29, 1.82) is 0 Å². The summed E-state index contributed by atoms with van der Waals surface area (Å²) in [6.45, 7) is 3.95. The number of nitrogens with one attached hydrogen (secondary N) is 1. The van der Waals surface area contributed by atoms with Gasteiger partial charge in [0.1, 0.15) is 5.82 Å². The van der Waals surface area contributed by atoms with Crippen molar-refractivity contribution in [3.05, 3.63) is 57.7 Å². The van der Waals surface area contributed by atoms with Crippen molar-refractivity contribution in [2.24, 2.45) is 0 Å². The highest BCUT2D eigenvalue weighted by molar-refractivity contribution is 5.81. The number of aromatic amines is 1. The van der Waals surface area contributed by atoms with Crippen molar-refractivity contribution in [3.8, 4) is 11.5 Å². The molecule has 27 heavy (non-hydrogen) atoms. The molecule has 1 N–H and O–H groups in total. The summed E-state index contributed by atoms with van der Waals surface area (Å²) in [5.41, 5.74) is 3.23. The number of aromatic nitrogens is 5. The molecule has 0 saturated heterocycles. The van der Waals surface area contributed by atoms with E-state index in [1.54, 1.807) is 25.4 Å². The maximum Gasteiger partial charge on any atom is 0.258 e. The van der Waals surface area contributed by atoms with Crippen LogP contribution in [0, 0.1) is 13.8 Å². The van der Waals surface area contributed by atoms with Gasteiger partial charge in [-0.2, -0.15) is 0 Å². The molecule has 0 aliphatic rings. The van der Waals surface area contributed by atoms with Gasteiger partial charge < -0.3 is 14.5 Å². The van der Waals surface area contributed by atoms with Crippen LogP contribution < -0.4 is 15.0 Å². The lowest BCUT2D eigenvalue weighted by atomic mass is 10.2. The molecule has 0 saturated carbocycles. The van der Waals surface area contributed by atoms with Crippen molar-refractivity contribution < 1.29 is 9.47 Å². The van der Waals surface area contributed by atoms with Crippen molar-refractivity contribution in [1.82, 2.24) is 24.3 Å². The predicted octanol–water partition coefficient (Wildman–Crippen LogP) is 2.19. The van der Waals surface area contributed by atoms with Crippen molar-refractivity contribution in [2.45, 2.75) is 20.3 Å². The minimum Gasteiger partial charge on any atom is -0.493 e. The SMILES string of the molecule is COc1cc2nc(Cc3cnc4nc(C)c(C)n4c3)[nH]c(=O)c2cc1OC. The van der Waals surface area contributed by atoms with E-state index in [1.165, 1.54) is 7.11 Å². The minimum absolute atomic E-state index is 0.223. The molecule has 0 aliphatic carbocycles. The zero-order valence-corrected chi connectivity index (χ0v) is 15.5. The van der Waals surface area contributed by atoms with Crippen LogP contribution in [0.25, 0.3) is 16.7 Å². The van der Waals surface area contributed by atoms with E-state index >= 15 is 0 Å². The van der Waals surface area contributed by atoms with E-state index in [2.05, 4.69) is 19.9 Å². The van der Waals surface area contributed by atoms with Gasteiger partial charge in [-0.15, -0.1) is 0 Å². The molecular weight excluding hydrogens is 346 g/mol. The zero-order valence-electron chi connectivity index (χ0n) is 15.5. The second kappa shape index (κ2) is 6.39. The summed E-state index contributed by atoms with van der Waals surface area (Å²) in [7, 11) is 3.08. The van der Waals surface area contributed by atoms with Gasteiger partial charge in [0.2, 0.25) is 5.78 Å². The third-order valence-electron chi connectivity index (χ3n) is 4.64. The quantitative estimate of drug-likeness (QED) is 0.596. The molecule has 3 aromatic heterocycles. The summed E-state index contributed by atoms with van der Waals surface area (Å²) in [5, 5.41) is 0.450. The third kappa shape index (κ3) is 2.88. The average Bonchev–Trinajstić information content (AvgIpc) is 2.94. The molecule has 0 amide bonds. The molecule has 138 valence electrons. The first-order chi connectivity index (χ1) is 13.0. The van der Waals surface area contributed by atoms with Crippen LogP contribution in [0.5, 0.6) is 11.5 Å². The maximum absolute atomic E-state index is 12.5. The van der Waals surface area contributed by atoms with Gasteiger partial charge in [0.05, 0.1) is 30.8 Å². The smallest absolute Gasteiger partial charge is 0.258 e. The largest absolute Gasteiger partial charge is 0.493 e. The molecule has 4 aromatic rings. The number of hydrogen-bond acceptors (Lipinski definition) is 6. The van der Waals surface area contributed by atoms with Crippen LogP contribution in [-0.4, -0.2) is 38.6 Å². The summed E-state index contributed by atoms with van der Waals surface area (Å²) < 4.78 is 12.5. The van der Waals surface area contributed by atoms with E-state index in [0.717, 1.165) is 17.0 Å². The molecule has 0 radical (unpaired) electrons. The molecule has 0 spiro atoms. The van der Waals surface area contributed by atoms with Crippen molar-refractivity contribution >= 4 is 16.7 Å². The van der Waals surface area contributed by atoms with Crippen LogP contribution >= 0.6 is 0 Å². The van der Waals surface area contributed by atoms with Gasteiger partial charge in [-0.1, -0.05) is 0 Å². The Kier molecular flexibility index (Phi) is 4.02. The average molecular weight is 365 g/mol. The number of hydrogen-bond donors (Lipinski definition) is 1. The van der Waals surface area contributed by atoms with Gasteiger partial charge in [0, 0.05) is 30.6 Å². The lowest BCUT2D eigenvalue weighted by molar-refractivity contribution is 0.355. The molecule has 0 unspecified atom stereocenters. The monoisotopic (exact) mass is 365 g/mol. The number of aryl methyl sites for hydroxylation is 2. The lowest BCUT2D eigenvalue weighted by Crippen LogP contribution is -2.13. The van der Waals surface area contributed by atoms with Crippen LogP contribution in [0.1, 0.15) is 22.8 Å². The maximum atomic E-state index is 12.5. The van der Waals surface area contributed by atoms with E-state index in [9.17, 15) is 4.79 Å². The third-order valence-corrected chi connectivity index (χ3v) is 4.64. The van der Waals surface area contributed by atoms with Crippen LogP contribution in [0.2, 0.25) is 0 Å². The topological polar surface area (TPSA) is 94.4 Å². The van der Waals surface area contributed by atoms with E-state index in [4.69, 9.17) is 9.47 Å². The van der Waals surface area contributed by atoms with E-state index in [0.29, 0.717) is 40.4 Å². The lowest BCUT2D eigenvalue weighted by Gasteiger charge is -2.09. The first-order valence-corrected chi connectivity index (χ1v) is 8.45. The fraction of sp³-hybridized carbons (Fsp3) is 0.263. The van der Waals surface area contributed by atoms with E-state index < -0.39 is 0 Å². The van der Waals surface area contributed by atoms with Gasteiger partial charge in [0.25, 0.3) is 5.56 Å². The normalized spacial score (nSPS) is 11.3. The number of methoxy groups -OCH3 is 2. The summed E-state index contributed by atoms with van der Waals surface area (Å²) in [4.78, 5) is 28.7. The number of nitrogens with zero attached hydrogens (tertiary/aromatic N) is 4. The van der Waals surface area contributed by atoms with Crippen molar-refractivity contribution in [3.63, 3.8) is 0 Å². The fourth-order valence-electron chi connectivity index (χ4n) is 3.08. The molecule has 0 fully saturated rings. The Bertz CT molecular complexity index is 1230. The number of rotatable bonds is 4. The molecule has 8 heteroatoms. The van der Waals surface area contributed by atoms with Gasteiger partial charge in [-0.25, -0.2) is 15.0 Å². The van der Waals surface area contributed by atoms with Gasteiger partial charge in [0.15, 0.2) is 11.5 Å². The molecule has 1 aromatic carbocycles. The molecule has 4 rings (SSSR count). The second-order valence-corrected chi connectivity index (χ2v) is 6.33. The highest BCUT2D eigenvalue weighted by Gasteiger charge is 2.12. The van der Waals surface area contributed by atoms with Crippen LogP contribution in [0.4, 0.5) is 0 Å². The summed E-state index contributed by atoms with van der Waals surface area (Å²) in [6.07, 6.45) is 4.16. The van der Waals surface area contributed by atoms with Gasteiger partial charge in [-0.3, -0.25) is 9.20 Å². The van der Waals surface area contributed by atoms with E-state index in [1.807, 2.05) is 24.4 Å². The Morgan fingerprint density at radius 1 is 1.11 bits per heavy atom. The fourth-order valence-corrected chi connectivity index (χ4v) is 3.08. The molecule has 3 heterocycles. The Morgan fingerprint density at radius 2 is 1.85 bits per heavy atom. The molecule has 0 aliphatic heterocycles.